The van der Waals surface area contributed by atoms with Crippen LogP contribution < -0.4 is 11.0 Å². The molecule has 1 aliphatic heterocycles. The van der Waals surface area contributed by atoms with E-state index in [0.29, 0.717) is 17.8 Å². The maximum absolute atomic E-state index is 12.8. The van der Waals surface area contributed by atoms with Crippen molar-refractivity contribution in [1.29, 1.82) is 0 Å². The molecule has 2 heterocycles. The quantitative estimate of drug-likeness (QED) is 0.725. The minimum atomic E-state index is -0.340. The number of imidazole rings is 1. The fourth-order valence-electron chi connectivity index (χ4n) is 3.93. The van der Waals surface area contributed by atoms with Crippen LogP contribution in [-0.4, -0.2) is 38.9 Å². The van der Waals surface area contributed by atoms with Crippen molar-refractivity contribution in [2.75, 3.05) is 18.4 Å². The molecule has 0 radical (unpaired) electrons. The van der Waals surface area contributed by atoms with Gasteiger partial charge in [-0.1, -0.05) is 24.3 Å². The summed E-state index contributed by atoms with van der Waals surface area (Å²) >= 11 is 0. The lowest BCUT2D eigenvalue weighted by atomic mass is 10.1. The summed E-state index contributed by atoms with van der Waals surface area (Å²) in [6.07, 6.45) is 2.01. The van der Waals surface area contributed by atoms with E-state index < -0.39 is 0 Å². The number of fused-ring (bicyclic) bond motifs is 1. The van der Waals surface area contributed by atoms with E-state index in [1.54, 1.807) is 28.8 Å². The molecule has 0 bridgehead atoms. The molecule has 1 fully saturated rings. The number of amides is 2. The SMILES string of the molecule is CCn1c(=O)n(CC(=O)Nc2ccccc2C(=O)N2CCCC2)c2ccccc21. The van der Waals surface area contributed by atoms with E-state index in [1.807, 2.05) is 36.1 Å². The van der Waals surface area contributed by atoms with Gasteiger partial charge >= 0.3 is 5.69 Å². The smallest absolute Gasteiger partial charge is 0.329 e. The zero-order valence-electron chi connectivity index (χ0n) is 16.4. The van der Waals surface area contributed by atoms with Crippen LogP contribution in [-0.2, 0) is 17.9 Å². The van der Waals surface area contributed by atoms with Gasteiger partial charge < -0.3 is 10.2 Å². The van der Waals surface area contributed by atoms with Crippen molar-refractivity contribution in [1.82, 2.24) is 14.0 Å². The highest BCUT2D eigenvalue weighted by atomic mass is 16.2. The Kier molecular flexibility index (Phi) is 5.20. The normalized spacial score (nSPS) is 13.8. The molecular weight excluding hydrogens is 368 g/mol. The molecule has 0 saturated carbocycles. The first kappa shape index (κ1) is 19.0. The van der Waals surface area contributed by atoms with Crippen molar-refractivity contribution < 1.29 is 9.59 Å². The van der Waals surface area contributed by atoms with Crippen LogP contribution in [0, 0.1) is 0 Å². The minimum Gasteiger partial charge on any atom is -0.339 e. The lowest BCUT2D eigenvalue weighted by molar-refractivity contribution is -0.116. The number of hydrogen-bond donors (Lipinski definition) is 1. The average Bonchev–Trinajstić information content (AvgIpc) is 3.35. The van der Waals surface area contributed by atoms with Crippen LogP contribution in [0.1, 0.15) is 30.1 Å². The Labute approximate surface area is 168 Å². The van der Waals surface area contributed by atoms with Crippen molar-refractivity contribution in [3.05, 3.63) is 64.6 Å². The van der Waals surface area contributed by atoms with Crippen LogP contribution >= 0.6 is 0 Å². The highest BCUT2D eigenvalue weighted by Gasteiger charge is 2.22. The molecule has 1 aromatic heterocycles. The molecule has 0 spiro atoms. The van der Waals surface area contributed by atoms with Crippen LogP contribution in [0.4, 0.5) is 5.69 Å². The zero-order chi connectivity index (χ0) is 20.4. The number of benzene rings is 2. The third-order valence-electron chi connectivity index (χ3n) is 5.37. The second kappa shape index (κ2) is 7.95. The number of hydrogen-bond acceptors (Lipinski definition) is 3. The van der Waals surface area contributed by atoms with Gasteiger partial charge in [-0.3, -0.25) is 18.7 Å². The van der Waals surface area contributed by atoms with E-state index in [2.05, 4.69) is 5.32 Å². The number of aryl methyl sites for hydroxylation is 1. The van der Waals surface area contributed by atoms with Crippen LogP contribution in [0.25, 0.3) is 11.0 Å². The molecule has 2 aromatic carbocycles. The van der Waals surface area contributed by atoms with E-state index in [9.17, 15) is 14.4 Å². The van der Waals surface area contributed by atoms with Crippen LogP contribution in [0.3, 0.4) is 0 Å². The van der Waals surface area contributed by atoms with Gasteiger partial charge in [-0.25, -0.2) is 4.79 Å². The van der Waals surface area contributed by atoms with Crippen molar-refractivity contribution in [3.8, 4) is 0 Å². The number of rotatable bonds is 5. The van der Waals surface area contributed by atoms with Crippen LogP contribution in [0.15, 0.2) is 53.3 Å². The number of para-hydroxylation sites is 3. The summed E-state index contributed by atoms with van der Waals surface area (Å²) in [6, 6.07) is 14.5. The number of likely N-dealkylation sites (tertiary alicyclic amines) is 1. The molecule has 7 heteroatoms. The highest BCUT2D eigenvalue weighted by molar-refractivity contribution is 6.04. The minimum absolute atomic E-state index is 0.0712. The second-order valence-corrected chi connectivity index (χ2v) is 7.19. The van der Waals surface area contributed by atoms with Crippen molar-refractivity contribution in [2.45, 2.75) is 32.9 Å². The largest absolute Gasteiger partial charge is 0.339 e. The first-order valence-electron chi connectivity index (χ1n) is 9.96. The Balaban J connectivity index is 1.59. The predicted octanol–water partition coefficient (Wildman–Crippen LogP) is 2.70. The van der Waals surface area contributed by atoms with Gasteiger partial charge in [0.25, 0.3) is 5.91 Å². The first-order chi connectivity index (χ1) is 14.1. The number of carbonyl (C=O) groups is 2. The van der Waals surface area contributed by atoms with Gasteiger partial charge in [0.15, 0.2) is 0 Å². The highest BCUT2D eigenvalue weighted by Crippen LogP contribution is 2.20. The summed E-state index contributed by atoms with van der Waals surface area (Å²) in [4.78, 5) is 40.1. The van der Waals surface area contributed by atoms with E-state index in [-0.39, 0.29) is 24.0 Å². The average molecular weight is 392 g/mol. The van der Waals surface area contributed by atoms with Crippen molar-refractivity contribution in [3.63, 3.8) is 0 Å². The number of nitrogens with one attached hydrogen (secondary N) is 1. The summed E-state index contributed by atoms with van der Waals surface area (Å²) < 4.78 is 3.12. The van der Waals surface area contributed by atoms with Gasteiger partial charge in [-0.05, 0) is 44.0 Å². The molecule has 2 amide bonds. The Morgan fingerprint density at radius 1 is 0.931 bits per heavy atom. The monoisotopic (exact) mass is 392 g/mol. The van der Waals surface area contributed by atoms with Gasteiger partial charge in [0.2, 0.25) is 5.91 Å². The van der Waals surface area contributed by atoms with Crippen LogP contribution in [0.5, 0.6) is 0 Å². The fraction of sp³-hybridized carbons (Fsp3) is 0.318. The molecule has 1 aliphatic rings. The van der Waals surface area contributed by atoms with Gasteiger partial charge in [0.1, 0.15) is 6.54 Å². The lowest BCUT2D eigenvalue weighted by Gasteiger charge is -2.18. The van der Waals surface area contributed by atoms with Crippen molar-refractivity contribution >= 4 is 28.5 Å². The Morgan fingerprint density at radius 3 is 2.24 bits per heavy atom. The van der Waals surface area contributed by atoms with E-state index in [4.69, 9.17) is 0 Å². The first-order valence-corrected chi connectivity index (χ1v) is 9.96. The molecule has 4 rings (SSSR count). The number of carbonyl (C=O) groups excluding carboxylic acids is 2. The molecule has 0 aliphatic carbocycles. The fourth-order valence-corrected chi connectivity index (χ4v) is 3.93. The Bertz CT molecular complexity index is 1120. The third-order valence-corrected chi connectivity index (χ3v) is 5.37. The number of aromatic nitrogens is 2. The zero-order valence-corrected chi connectivity index (χ0v) is 16.4. The summed E-state index contributed by atoms with van der Waals surface area (Å²) in [5.41, 5.74) is 2.26. The summed E-state index contributed by atoms with van der Waals surface area (Å²) in [5, 5.41) is 2.83. The van der Waals surface area contributed by atoms with Gasteiger partial charge in [0.05, 0.1) is 22.3 Å². The Morgan fingerprint density at radius 2 is 1.55 bits per heavy atom. The molecule has 1 saturated heterocycles. The third kappa shape index (κ3) is 3.55. The van der Waals surface area contributed by atoms with Crippen molar-refractivity contribution in [2.24, 2.45) is 0 Å². The molecule has 0 unspecified atom stereocenters. The molecule has 29 heavy (non-hydrogen) atoms. The van der Waals surface area contributed by atoms with E-state index in [0.717, 1.165) is 37.0 Å². The van der Waals surface area contributed by atoms with Gasteiger partial charge in [-0.15, -0.1) is 0 Å². The molecule has 150 valence electrons. The maximum atomic E-state index is 12.8. The van der Waals surface area contributed by atoms with Gasteiger partial charge in [-0.2, -0.15) is 0 Å². The molecule has 0 atom stereocenters. The molecular formula is C22H24N4O3. The summed E-state index contributed by atoms with van der Waals surface area (Å²) in [7, 11) is 0. The molecule has 1 N–H and O–H groups in total. The van der Waals surface area contributed by atoms with E-state index in [1.165, 1.54) is 4.57 Å². The number of nitrogens with zero attached hydrogens (tertiary/aromatic N) is 3. The summed E-state index contributed by atoms with van der Waals surface area (Å²) in [5.74, 6) is -0.411. The van der Waals surface area contributed by atoms with Gasteiger partial charge in [0, 0.05) is 19.6 Å². The Hall–Kier alpha value is -3.35. The maximum Gasteiger partial charge on any atom is 0.329 e. The molecule has 7 nitrogen and oxygen atoms in total. The molecule has 3 aromatic rings. The standard InChI is InChI=1S/C22H24N4O3/c1-2-25-18-11-5-6-12-19(18)26(22(25)29)15-20(27)23-17-10-4-3-9-16(17)21(28)24-13-7-8-14-24/h3-6,9-12H,2,7-8,13-15H2,1H3,(H,23,27). The summed E-state index contributed by atoms with van der Waals surface area (Å²) in [6.45, 7) is 3.80. The predicted molar refractivity (Wildman–Crippen MR) is 112 cm³/mol. The second-order valence-electron chi connectivity index (χ2n) is 7.19. The number of anilines is 1. The van der Waals surface area contributed by atoms with Crippen LogP contribution in [0.2, 0.25) is 0 Å². The lowest BCUT2D eigenvalue weighted by Crippen LogP contribution is -2.31. The van der Waals surface area contributed by atoms with E-state index >= 15 is 0 Å². The topological polar surface area (TPSA) is 76.3 Å².